The molecular weight excluding hydrogens is 176 g/mol. The maximum atomic E-state index is 12.4. The maximum Gasteiger partial charge on any atom is 0.509 e. The van der Waals surface area contributed by atoms with Crippen LogP contribution in [0.25, 0.3) is 0 Å². The molecule has 0 saturated carbocycles. The number of benzene rings is 1. The van der Waals surface area contributed by atoms with Crippen LogP contribution >= 0.6 is 0 Å². The second-order valence-electron chi connectivity index (χ2n) is 3.37. The van der Waals surface area contributed by atoms with Gasteiger partial charge in [0.1, 0.15) is 0 Å². The topological polar surface area (TPSA) is 0 Å². The molecule has 0 aliphatic heterocycles. The van der Waals surface area contributed by atoms with Crippen LogP contribution in [0.2, 0.25) is 0 Å². The molecule has 72 valence electrons. The van der Waals surface area contributed by atoms with Crippen LogP contribution in [0.15, 0.2) is 12.1 Å². The monoisotopic (exact) mass is 187 g/mol. The average Bonchev–Trinajstić information content (AvgIpc) is 1.94. The summed E-state index contributed by atoms with van der Waals surface area (Å²) < 4.78 is 37.3. The highest BCUT2D eigenvalue weighted by Crippen LogP contribution is 2.15. The van der Waals surface area contributed by atoms with E-state index in [9.17, 15) is 12.9 Å². The lowest BCUT2D eigenvalue weighted by molar-refractivity contribution is 0.500. The van der Waals surface area contributed by atoms with Gasteiger partial charge in [-0.1, -0.05) is 23.3 Å². The van der Waals surface area contributed by atoms with Crippen LogP contribution in [0.1, 0.15) is 16.7 Å². The highest BCUT2D eigenvalue weighted by atomic mass is 19.4. The first-order valence-corrected chi connectivity index (χ1v) is 4.10. The molecule has 0 aliphatic rings. The summed E-state index contributed by atoms with van der Waals surface area (Å²) in [5.41, 5.74) is 1.44. The van der Waals surface area contributed by atoms with Gasteiger partial charge in [-0.15, -0.1) is 5.46 Å². The Morgan fingerprint density at radius 3 is 1.77 bits per heavy atom. The Bertz CT molecular complexity index is 328. The van der Waals surface area contributed by atoms with Crippen molar-refractivity contribution in [2.75, 3.05) is 0 Å². The number of halogens is 3. The minimum Gasteiger partial charge on any atom is -0.445 e. The van der Waals surface area contributed by atoms with Crippen molar-refractivity contribution < 1.29 is 12.9 Å². The minimum absolute atomic E-state index is 0.315. The standard InChI is InChI=1S/C9H11BF3/c1-6-4-8(3)9(5-7(6)2)10(11,12)13/h4-5H,1-3H3/q-1. The molecule has 0 amide bonds. The lowest BCUT2D eigenvalue weighted by Gasteiger charge is -2.19. The number of aryl methyl sites for hydroxylation is 3. The van der Waals surface area contributed by atoms with Crippen LogP contribution in [-0.2, 0) is 0 Å². The third-order valence-corrected chi connectivity index (χ3v) is 2.24. The van der Waals surface area contributed by atoms with Crippen LogP contribution in [0.5, 0.6) is 0 Å². The fourth-order valence-corrected chi connectivity index (χ4v) is 1.34. The van der Waals surface area contributed by atoms with Gasteiger partial charge < -0.3 is 12.9 Å². The molecule has 0 atom stereocenters. The second-order valence-corrected chi connectivity index (χ2v) is 3.37. The maximum absolute atomic E-state index is 12.4. The van der Waals surface area contributed by atoms with E-state index in [1.807, 2.05) is 6.92 Å². The van der Waals surface area contributed by atoms with Gasteiger partial charge in [-0.05, 0) is 26.3 Å². The Labute approximate surface area is 75.8 Å². The summed E-state index contributed by atoms with van der Waals surface area (Å²) in [6, 6.07) is 2.81. The summed E-state index contributed by atoms with van der Waals surface area (Å²) in [5.74, 6) is 0. The predicted molar refractivity (Wildman–Crippen MR) is 49.4 cm³/mol. The Kier molecular flexibility index (Phi) is 2.41. The molecule has 0 saturated heterocycles. The number of hydrogen-bond acceptors (Lipinski definition) is 0. The van der Waals surface area contributed by atoms with Gasteiger partial charge in [-0.3, -0.25) is 0 Å². The third-order valence-electron chi connectivity index (χ3n) is 2.24. The van der Waals surface area contributed by atoms with E-state index >= 15 is 0 Å². The van der Waals surface area contributed by atoms with E-state index in [2.05, 4.69) is 0 Å². The lowest BCUT2D eigenvalue weighted by Crippen LogP contribution is -2.36. The summed E-state index contributed by atoms with van der Waals surface area (Å²) in [6.07, 6.45) is 0. The van der Waals surface area contributed by atoms with E-state index in [0.29, 0.717) is 11.1 Å². The molecule has 0 radical (unpaired) electrons. The Hall–Kier alpha value is -0.925. The molecule has 0 aliphatic carbocycles. The quantitative estimate of drug-likeness (QED) is 0.592. The summed E-state index contributed by atoms with van der Waals surface area (Å²) >= 11 is 0. The van der Waals surface area contributed by atoms with Gasteiger partial charge >= 0.3 is 6.98 Å². The average molecular weight is 187 g/mol. The second kappa shape index (κ2) is 3.09. The van der Waals surface area contributed by atoms with Gasteiger partial charge in [-0.2, -0.15) is 0 Å². The summed E-state index contributed by atoms with van der Waals surface area (Å²) in [5, 5.41) is 0. The summed E-state index contributed by atoms with van der Waals surface area (Å²) in [4.78, 5) is 0. The Morgan fingerprint density at radius 1 is 0.846 bits per heavy atom. The van der Waals surface area contributed by atoms with Crippen molar-refractivity contribution >= 4 is 12.4 Å². The van der Waals surface area contributed by atoms with E-state index < -0.39 is 12.4 Å². The largest absolute Gasteiger partial charge is 0.509 e. The van der Waals surface area contributed by atoms with E-state index in [1.54, 1.807) is 13.0 Å². The first kappa shape index (κ1) is 10.2. The number of rotatable bonds is 1. The molecule has 0 heterocycles. The van der Waals surface area contributed by atoms with Gasteiger partial charge in [0.25, 0.3) is 0 Å². The SMILES string of the molecule is Cc1cc(C)c([B-](F)(F)F)cc1C. The smallest absolute Gasteiger partial charge is 0.445 e. The van der Waals surface area contributed by atoms with Crippen molar-refractivity contribution in [3.8, 4) is 0 Å². The molecule has 1 aromatic rings. The van der Waals surface area contributed by atoms with E-state index in [-0.39, 0.29) is 0 Å². The third kappa shape index (κ3) is 2.05. The van der Waals surface area contributed by atoms with Crippen LogP contribution < -0.4 is 5.46 Å². The molecule has 0 N–H and O–H groups in total. The van der Waals surface area contributed by atoms with Crippen LogP contribution in [0.3, 0.4) is 0 Å². The molecule has 13 heavy (non-hydrogen) atoms. The zero-order valence-electron chi connectivity index (χ0n) is 7.87. The van der Waals surface area contributed by atoms with Crippen LogP contribution in [-0.4, -0.2) is 6.98 Å². The Balaban J connectivity index is 3.32. The summed E-state index contributed by atoms with van der Waals surface area (Å²) in [7, 11) is 0. The zero-order valence-corrected chi connectivity index (χ0v) is 7.87. The van der Waals surface area contributed by atoms with Crippen molar-refractivity contribution in [2.45, 2.75) is 20.8 Å². The van der Waals surface area contributed by atoms with E-state index in [4.69, 9.17) is 0 Å². The zero-order chi connectivity index (χ0) is 10.2. The van der Waals surface area contributed by atoms with Gasteiger partial charge in [0.15, 0.2) is 0 Å². The highest BCUT2D eigenvalue weighted by molar-refractivity contribution is 6.74. The molecule has 0 unspecified atom stereocenters. The highest BCUT2D eigenvalue weighted by Gasteiger charge is 2.27. The van der Waals surface area contributed by atoms with Gasteiger partial charge in [0.2, 0.25) is 0 Å². The fourth-order valence-electron chi connectivity index (χ4n) is 1.34. The first-order chi connectivity index (χ1) is 5.82. The molecule has 4 heteroatoms. The van der Waals surface area contributed by atoms with Crippen molar-refractivity contribution in [1.29, 1.82) is 0 Å². The van der Waals surface area contributed by atoms with Crippen molar-refractivity contribution in [3.63, 3.8) is 0 Å². The molecule has 0 nitrogen and oxygen atoms in total. The van der Waals surface area contributed by atoms with Gasteiger partial charge in [0.05, 0.1) is 0 Å². The molecule has 1 aromatic carbocycles. The molecule has 0 spiro atoms. The van der Waals surface area contributed by atoms with Crippen LogP contribution in [0, 0.1) is 20.8 Å². The Morgan fingerprint density at radius 2 is 1.31 bits per heavy atom. The number of hydrogen-bond donors (Lipinski definition) is 0. The molecule has 1 rings (SSSR count). The normalized spacial score (nSPS) is 11.8. The fraction of sp³-hybridized carbons (Fsp3) is 0.333. The molecule has 0 fully saturated rings. The predicted octanol–water partition coefficient (Wildman–Crippen LogP) is 2.67. The van der Waals surface area contributed by atoms with Gasteiger partial charge in [-0.25, -0.2) is 0 Å². The van der Waals surface area contributed by atoms with Crippen molar-refractivity contribution in [3.05, 3.63) is 28.8 Å². The minimum atomic E-state index is -4.86. The molecule has 0 aromatic heterocycles. The lowest BCUT2D eigenvalue weighted by atomic mass is 9.76. The van der Waals surface area contributed by atoms with E-state index in [0.717, 1.165) is 5.56 Å². The van der Waals surface area contributed by atoms with Crippen molar-refractivity contribution in [2.24, 2.45) is 0 Å². The van der Waals surface area contributed by atoms with Crippen molar-refractivity contribution in [1.82, 2.24) is 0 Å². The van der Waals surface area contributed by atoms with Crippen LogP contribution in [0.4, 0.5) is 12.9 Å². The van der Waals surface area contributed by atoms with E-state index in [1.165, 1.54) is 13.0 Å². The first-order valence-electron chi connectivity index (χ1n) is 4.10. The van der Waals surface area contributed by atoms with Gasteiger partial charge in [0, 0.05) is 0 Å². The molecule has 0 bridgehead atoms. The summed E-state index contributed by atoms with van der Waals surface area (Å²) in [6.45, 7) is 0.144. The molecular formula is C9H11BF3-.